The number of hydrogen-bond donors (Lipinski definition) is 1. The molecule has 0 atom stereocenters. The predicted molar refractivity (Wildman–Crippen MR) is 93.8 cm³/mol. The topological polar surface area (TPSA) is 76.4 Å². The van der Waals surface area contributed by atoms with Crippen LogP contribution in [-0.2, 0) is 9.59 Å². The predicted octanol–water partition coefficient (Wildman–Crippen LogP) is 1.89. The number of amides is 2. The summed E-state index contributed by atoms with van der Waals surface area (Å²) < 4.78 is 0. The Bertz CT molecular complexity index is 544. The standard InChI is InChI=1S/C18H30N4O2/c1-14(23)21-7-9-22(10-8-21)16(24)15(11-19)12-20-18(5,6)13-17(2,3)4/h12,20H,7-10,13H2,1-6H3/b15-12-. The zero-order valence-electron chi connectivity index (χ0n) is 15.8. The number of carbonyl (C=O) groups excluding carboxylic acids is 2. The zero-order chi connectivity index (χ0) is 18.5. The van der Waals surface area contributed by atoms with Crippen LogP contribution in [-0.4, -0.2) is 53.3 Å². The maximum Gasteiger partial charge on any atom is 0.266 e. The van der Waals surface area contributed by atoms with Crippen LogP contribution in [0.2, 0.25) is 0 Å². The van der Waals surface area contributed by atoms with E-state index in [1.165, 1.54) is 13.1 Å². The van der Waals surface area contributed by atoms with Crippen molar-refractivity contribution >= 4 is 11.8 Å². The van der Waals surface area contributed by atoms with Gasteiger partial charge in [0.25, 0.3) is 5.91 Å². The molecule has 1 aliphatic heterocycles. The number of nitriles is 1. The van der Waals surface area contributed by atoms with E-state index in [9.17, 15) is 14.9 Å². The highest BCUT2D eigenvalue weighted by Crippen LogP contribution is 2.26. The molecule has 24 heavy (non-hydrogen) atoms. The first-order valence-electron chi connectivity index (χ1n) is 8.38. The van der Waals surface area contributed by atoms with E-state index in [1.807, 2.05) is 6.07 Å². The monoisotopic (exact) mass is 334 g/mol. The van der Waals surface area contributed by atoms with Crippen molar-refractivity contribution in [3.05, 3.63) is 11.8 Å². The minimum atomic E-state index is -0.278. The van der Waals surface area contributed by atoms with Gasteiger partial charge in [-0.25, -0.2) is 0 Å². The Morgan fingerprint density at radius 1 is 1.08 bits per heavy atom. The van der Waals surface area contributed by atoms with E-state index in [0.717, 1.165) is 6.42 Å². The third kappa shape index (κ3) is 6.23. The maximum absolute atomic E-state index is 12.5. The van der Waals surface area contributed by atoms with Gasteiger partial charge >= 0.3 is 0 Å². The molecule has 0 aromatic carbocycles. The van der Waals surface area contributed by atoms with Gasteiger partial charge in [-0.2, -0.15) is 5.26 Å². The molecule has 134 valence electrons. The fraction of sp³-hybridized carbons (Fsp3) is 0.722. The van der Waals surface area contributed by atoms with E-state index in [4.69, 9.17) is 0 Å². The third-order valence-corrected chi connectivity index (χ3v) is 3.94. The molecular formula is C18H30N4O2. The molecule has 0 aromatic heterocycles. The molecule has 1 fully saturated rings. The van der Waals surface area contributed by atoms with Gasteiger partial charge in [-0.1, -0.05) is 20.8 Å². The largest absolute Gasteiger partial charge is 0.385 e. The Balaban J connectivity index is 2.71. The van der Waals surface area contributed by atoms with Gasteiger partial charge in [0.1, 0.15) is 11.6 Å². The highest BCUT2D eigenvalue weighted by molar-refractivity contribution is 5.97. The average molecular weight is 334 g/mol. The number of piperazine rings is 1. The van der Waals surface area contributed by atoms with Gasteiger partial charge in [-0.15, -0.1) is 0 Å². The summed E-state index contributed by atoms with van der Waals surface area (Å²) in [7, 11) is 0. The molecule has 1 N–H and O–H groups in total. The molecule has 0 saturated carbocycles. The molecule has 0 aliphatic carbocycles. The number of hydrogen-bond acceptors (Lipinski definition) is 4. The lowest BCUT2D eigenvalue weighted by molar-refractivity contribution is -0.136. The second-order valence-corrected chi connectivity index (χ2v) is 8.23. The molecular weight excluding hydrogens is 304 g/mol. The van der Waals surface area contributed by atoms with Gasteiger partial charge in [-0.05, 0) is 25.7 Å². The lowest BCUT2D eigenvalue weighted by Gasteiger charge is -2.35. The average Bonchev–Trinajstić information content (AvgIpc) is 2.45. The number of rotatable bonds is 4. The van der Waals surface area contributed by atoms with Crippen molar-refractivity contribution in [2.45, 2.75) is 53.5 Å². The highest BCUT2D eigenvalue weighted by atomic mass is 16.2. The zero-order valence-corrected chi connectivity index (χ0v) is 15.8. The molecule has 1 rings (SSSR count). The first-order chi connectivity index (χ1) is 10.9. The number of nitrogens with zero attached hydrogens (tertiary/aromatic N) is 3. The summed E-state index contributed by atoms with van der Waals surface area (Å²) in [5, 5.41) is 12.5. The molecule has 1 saturated heterocycles. The van der Waals surface area contributed by atoms with E-state index in [-0.39, 0.29) is 28.3 Å². The Morgan fingerprint density at radius 2 is 1.58 bits per heavy atom. The summed E-state index contributed by atoms with van der Waals surface area (Å²) in [6.07, 6.45) is 2.44. The normalized spacial score (nSPS) is 16.6. The van der Waals surface area contributed by atoms with Crippen molar-refractivity contribution in [3.8, 4) is 6.07 Å². The minimum Gasteiger partial charge on any atom is -0.385 e. The quantitative estimate of drug-likeness (QED) is 0.629. The Morgan fingerprint density at radius 3 is 2.00 bits per heavy atom. The molecule has 0 unspecified atom stereocenters. The van der Waals surface area contributed by atoms with Gasteiger partial charge in [-0.3, -0.25) is 9.59 Å². The van der Waals surface area contributed by atoms with Crippen LogP contribution < -0.4 is 5.32 Å². The molecule has 6 nitrogen and oxygen atoms in total. The van der Waals surface area contributed by atoms with E-state index < -0.39 is 0 Å². The van der Waals surface area contributed by atoms with Crippen molar-refractivity contribution < 1.29 is 9.59 Å². The lowest BCUT2D eigenvalue weighted by atomic mass is 9.82. The van der Waals surface area contributed by atoms with Crippen molar-refractivity contribution in [2.24, 2.45) is 5.41 Å². The SMILES string of the molecule is CC(=O)N1CCN(C(=O)/C(C#N)=C\NC(C)(C)CC(C)(C)C)CC1. The molecule has 2 amide bonds. The van der Waals surface area contributed by atoms with Crippen LogP contribution in [0.1, 0.15) is 48.0 Å². The van der Waals surface area contributed by atoms with Crippen molar-refractivity contribution in [3.63, 3.8) is 0 Å². The summed E-state index contributed by atoms with van der Waals surface area (Å²) >= 11 is 0. The first kappa shape index (κ1) is 20.0. The fourth-order valence-corrected chi connectivity index (χ4v) is 3.18. The van der Waals surface area contributed by atoms with Crippen molar-refractivity contribution in [1.82, 2.24) is 15.1 Å². The van der Waals surface area contributed by atoms with Crippen LogP contribution >= 0.6 is 0 Å². The van der Waals surface area contributed by atoms with Gasteiger partial charge in [0.2, 0.25) is 5.91 Å². The number of carbonyl (C=O) groups is 2. The molecule has 0 bridgehead atoms. The maximum atomic E-state index is 12.5. The van der Waals surface area contributed by atoms with E-state index in [0.29, 0.717) is 26.2 Å². The van der Waals surface area contributed by atoms with Gasteiger partial charge < -0.3 is 15.1 Å². The molecule has 0 spiro atoms. The Labute approximate surface area is 145 Å². The van der Waals surface area contributed by atoms with E-state index in [1.54, 1.807) is 9.80 Å². The molecule has 6 heteroatoms. The Kier molecular flexibility index (Phi) is 6.42. The third-order valence-electron chi connectivity index (χ3n) is 3.94. The van der Waals surface area contributed by atoms with Crippen molar-refractivity contribution in [2.75, 3.05) is 26.2 Å². The first-order valence-corrected chi connectivity index (χ1v) is 8.38. The smallest absolute Gasteiger partial charge is 0.266 e. The second kappa shape index (κ2) is 7.69. The van der Waals surface area contributed by atoms with Gasteiger partial charge in [0.05, 0.1) is 0 Å². The molecule has 1 heterocycles. The molecule has 0 aromatic rings. The van der Waals surface area contributed by atoms with Crippen LogP contribution in [0.25, 0.3) is 0 Å². The van der Waals surface area contributed by atoms with E-state index in [2.05, 4.69) is 39.9 Å². The summed E-state index contributed by atoms with van der Waals surface area (Å²) in [6.45, 7) is 14.1. The van der Waals surface area contributed by atoms with Crippen LogP contribution in [0.4, 0.5) is 0 Å². The van der Waals surface area contributed by atoms with Crippen LogP contribution in [0.15, 0.2) is 11.8 Å². The number of nitrogens with one attached hydrogen (secondary N) is 1. The van der Waals surface area contributed by atoms with E-state index >= 15 is 0 Å². The van der Waals surface area contributed by atoms with Gasteiger partial charge in [0.15, 0.2) is 0 Å². The second-order valence-electron chi connectivity index (χ2n) is 8.23. The lowest BCUT2D eigenvalue weighted by Crippen LogP contribution is -2.50. The molecule has 1 aliphatic rings. The fourth-order valence-electron chi connectivity index (χ4n) is 3.18. The summed E-state index contributed by atoms with van der Waals surface area (Å²) in [5.41, 5.74) is 0.0336. The van der Waals surface area contributed by atoms with Crippen LogP contribution in [0.3, 0.4) is 0 Å². The Hall–Kier alpha value is -2.03. The van der Waals surface area contributed by atoms with Crippen LogP contribution in [0.5, 0.6) is 0 Å². The highest BCUT2D eigenvalue weighted by Gasteiger charge is 2.27. The summed E-state index contributed by atoms with van der Waals surface area (Å²) in [4.78, 5) is 27.2. The summed E-state index contributed by atoms with van der Waals surface area (Å²) in [6, 6.07) is 2.00. The summed E-state index contributed by atoms with van der Waals surface area (Å²) in [5.74, 6) is -0.261. The van der Waals surface area contributed by atoms with Crippen LogP contribution in [0, 0.1) is 16.7 Å². The molecule has 0 radical (unpaired) electrons. The minimum absolute atomic E-state index is 0.0174. The van der Waals surface area contributed by atoms with Crippen molar-refractivity contribution in [1.29, 1.82) is 5.26 Å². The van der Waals surface area contributed by atoms with Gasteiger partial charge in [0, 0.05) is 44.8 Å².